The fourth-order valence-electron chi connectivity index (χ4n) is 4.84. The molecule has 200 valence electrons. The Morgan fingerprint density at radius 2 is 1.89 bits per heavy atom. The van der Waals surface area contributed by atoms with E-state index in [1.54, 1.807) is 19.5 Å². The van der Waals surface area contributed by atoms with Gasteiger partial charge in [-0.25, -0.2) is 9.97 Å². The Kier molecular flexibility index (Phi) is 8.47. The van der Waals surface area contributed by atoms with Crippen LogP contribution in [0.2, 0.25) is 0 Å². The monoisotopic (exact) mass is 520 g/mol. The lowest BCUT2D eigenvalue weighted by Crippen LogP contribution is -2.44. The molecular weight excluding hydrogens is 489 g/mol. The summed E-state index contributed by atoms with van der Waals surface area (Å²) in [5, 5.41) is 5.34. The van der Waals surface area contributed by atoms with Crippen LogP contribution >= 0.6 is 0 Å². The molecule has 2 aliphatic heterocycles. The molecule has 1 aromatic carbocycles. The van der Waals surface area contributed by atoms with Crippen LogP contribution in [0.15, 0.2) is 36.7 Å². The van der Waals surface area contributed by atoms with Crippen molar-refractivity contribution in [2.24, 2.45) is 0 Å². The number of benzene rings is 1. The largest absolute Gasteiger partial charge is 0.494 e. The molecule has 37 heavy (non-hydrogen) atoms. The van der Waals surface area contributed by atoms with Crippen molar-refractivity contribution in [2.75, 3.05) is 44.7 Å². The minimum atomic E-state index is -4.54. The first kappa shape index (κ1) is 26.6. The number of carbonyl (C=O) groups is 2. The first-order chi connectivity index (χ1) is 17.7. The van der Waals surface area contributed by atoms with Gasteiger partial charge in [0.25, 0.3) is 5.91 Å². The summed E-state index contributed by atoms with van der Waals surface area (Å²) in [6.45, 7) is 3.00. The van der Waals surface area contributed by atoms with E-state index in [1.807, 2.05) is 0 Å². The van der Waals surface area contributed by atoms with Crippen molar-refractivity contribution in [2.45, 2.75) is 43.9 Å². The number of likely N-dealkylation sites (tertiary alicyclic amines) is 1. The number of amides is 2. The number of carbonyl (C=O) groups excluding carboxylic acids is 2. The minimum absolute atomic E-state index is 0.0396. The average Bonchev–Trinajstić information content (AvgIpc) is 3.21. The van der Waals surface area contributed by atoms with E-state index in [1.165, 1.54) is 12.1 Å². The average molecular weight is 521 g/mol. The Hall–Kier alpha value is -3.41. The number of nitrogens with one attached hydrogen (secondary N) is 2. The summed E-state index contributed by atoms with van der Waals surface area (Å²) in [6.07, 6.45) is 2.61. The van der Waals surface area contributed by atoms with Crippen LogP contribution in [0.5, 0.6) is 5.75 Å². The third-order valence-electron chi connectivity index (χ3n) is 6.79. The van der Waals surface area contributed by atoms with Crippen LogP contribution in [0, 0.1) is 0 Å². The van der Waals surface area contributed by atoms with Gasteiger partial charge in [0.2, 0.25) is 11.9 Å². The number of anilines is 1. The van der Waals surface area contributed by atoms with Gasteiger partial charge in [0.05, 0.1) is 31.6 Å². The van der Waals surface area contributed by atoms with Crippen molar-refractivity contribution in [3.63, 3.8) is 0 Å². The van der Waals surface area contributed by atoms with Crippen molar-refractivity contribution in [3.8, 4) is 5.75 Å². The standard InChI is InChI=1S/C25H31F3N6O3/c1-37-21-13-30-24(31-14-21)33-9-3-6-20(8-11-33)34-10-7-19(16-34)32-22(35)15-29-23(36)17-4-2-5-18(12-17)25(26,27)28/h2,4-5,12-14,19-20H,3,6-11,15-16H2,1H3,(H,29,36)(H,32,35)/t19-,20?/m1/s1. The van der Waals surface area contributed by atoms with Crippen LogP contribution in [0.25, 0.3) is 0 Å². The highest BCUT2D eigenvalue weighted by molar-refractivity contribution is 5.96. The fraction of sp³-hybridized carbons (Fsp3) is 0.520. The van der Waals surface area contributed by atoms with Crippen molar-refractivity contribution >= 4 is 17.8 Å². The zero-order valence-electron chi connectivity index (χ0n) is 20.6. The number of halogens is 3. The van der Waals surface area contributed by atoms with E-state index >= 15 is 0 Å². The molecule has 2 saturated heterocycles. The van der Waals surface area contributed by atoms with E-state index in [2.05, 4.69) is 30.4 Å². The molecule has 9 nitrogen and oxygen atoms in total. The second-order valence-electron chi connectivity index (χ2n) is 9.30. The fourth-order valence-corrected chi connectivity index (χ4v) is 4.84. The molecule has 0 spiro atoms. The van der Waals surface area contributed by atoms with Gasteiger partial charge in [-0.2, -0.15) is 13.2 Å². The summed E-state index contributed by atoms with van der Waals surface area (Å²) >= 11 is 0. The topological polar surface area (TPSA) is 99.7 Å². The Morgan fingerprint density at radius 3 is 2.62 bits per heavy atom. The van der Waals surface area contributed by atoms with Gasteiger partial charge in [0, 0.05) is 43.8 Å². The Labute approximate surface area is 213 Å². The number of methoxy groups -OCH3 is 1. The molecule has 1 aromatic heterocycles. The molecule has 3 heterocycles. The summed E-state index contributed by atoms with van der Waals surface area (Å²) < 4.78 is 43.7. The molecule has 0 aliphatic carbocycles. The second kappa shape index (κ2) is 11.8. The summed E-state index contributed by atoms with van der Waals surface area (Å²) in [5.41, 5.74) is -1.05. The molecule has 2 amide bonds. The minimum Gasteiger partial charge on any atom is -0.494 e. The van der Waals surface area contributed by atoms with Gasteiger partial charge in [-0.15, -0.1) is 0 Å². The number of rotatable bonds is 7. The van der Waals surface area contributed by atoms with E-state index in [0.717, 1.165) is 64.0 Å². The van der Waals surface area contributed by atoms with Gasteiger partial charge < -0.3 is 20.3 Å². The molecule has 0 bridgehead atoms. The third-order valence-corrected chi connectivity index (χ3v) is 6.79. The molecule has 1 unspecified atom stereocenters. The molecule has 2 fully saturated rings. The maximum Gasteiger partial charge on any atom is 0.416 e. The van der Waals surface area contributed by atoms with Gasteiger partial charge >= 0.3 is 6.18 Å². The summed E-state index contributed by atoms with van der Waals surface area (Å²) in [5.74, 6) is 0.228. The highest BCUT2D eigenvalue weighted by atomic mass is 19.4. The highest BCUT2D eigenvalue weighted by Gasteiger charge is 2.32. The van der Waals surface area contributed by atoms with Gasteiger partial charge in [0.15, 0.2) is 5.75 Å². The first-order valence-electron chi connectivity index (χ1n) is 12.3. The van der Waals surface area contributed by atoms with Crippen LogP contribution in [0.4, 0.5) is 19.1 Å². The molecule has 2 aliphatic rings. The molecule has 0 radical (unpaired) electrons. The number of hydrogen-bond donors (Lipinski definition) is 2. The van der Waals surface area contributed by atoms with Gasteiger partial charge in [-0.3, -0.25) is 14.5 Å². The number of aromatic nitrogens is 2. The van der Waals surface area contributed by atoms with E-state index in [9.17, 15) is 22.8 Å². The summed E-state index contributed by atoms with van der Waals surface area (Å²) in [4.78, 5) is 38.0. The lowest BCUT2D eigenvalue weighted by atomic mass is 10.1. The zero-order chi connectivity index (χ0) is 26.4. The normalized spacial score (nSPS) is 20.8. The van der Waals surface area contributed by atoms with Crippen LogP contribution in [0.3, 0.4) is 0 Å². The number of ether oxygens (including phenoxy) is 1. The SMILES string of the molecule is COc1cnc(N2CCCC(N3CC[C@@H](NC(=O)CNC(=O)c4cccc(C(F)(F)F)c4)C3)CC2)nc1. The number of alkyl halides is 3. The summed E-state index contributed by atoms with van der Waals surface area (Å²) in [6, 6.07) is 4.48. The van der Waals surface area contributed by atoms with Crippen LogP contribution < -0.4 is 20.3 Å². The van der Waals surface area contributed by atoms with E-state index in [4.69, 9.17) is 4.74 Å². The van der Waals surface area contributed by atoms with Gasteiger partial charge in [0.1, 0.15) is 0 Å². The van der Waals surface area contributed by atoms with Gasteiger partial charge in [-0.05, 0) is 43.9 Å². The Balaban J connectivity index is 1.21. The molecule has 2 aromatic rings. The molecule has 12 heteroatoms. The van der Waals surface area contributed by atoms with Crippen molar-refractivity contribution in [1.29, 1.82) is 0 Å². The smallest absolute Gasteiger partial charge is 0.416 e. The summed E-state index contributed by atoms with van der Waals surface area (Å²) in [7, 11) is 1.58. The third kappa shape index (κ3) is 7.09. The Bertz CT molecular complexity index is 1080. The molecule has 2 atom stereocenters. The predicted molar refractivity (Wildman–Crippen MR) is 130 cm³/mol. The van der Waals surface area contributed by atoms with Crippen LogP contribution in [-0.4, -0.2) is 78.6 Å². The second-order valence-corrected chi connectivity index (χ2v) is 9.30. The maximum atomic E-state index is 12.9. The van der Waals surface area contributed by atoms with E-state index in [0.29, 0.717) is 17.7 Å². The van der Waals surface area contributed by atoms with Crippen LogP contribution in [-0.2, 0) is 11.0 Å². The van der Waals surface area contributed by atoms with Crippen LogP contribution in [0.1, 0.15) is 41.6 Å². The zero-order valence-corrected chi connectivity index (χ0v) is 20.6. The molecule has 2 N–H and O–H groups in total. The molecular formula is C25H31F3N6O3. The first-order valence-corrected chi connectivity index (χ1v) is 12.3. The number of hydrogen-bond acceptors (Lipinski definition) is 7. The van der Waals surface area contributed by atoms with E-state index in [-0.39, 0.29) is 24.1 Å². The predicted octanol–water partition coefficient (Wildman–Crippen LogP) is 2.48. The van der Waals surface area contributed by atoms with Gasteiger partial charge in [-0.1, -0.05) is 6.07 Å². The number of nitrogens with zero attached hydrogens (tertiary/aromatic N) is 4. The van der Waals surface area contributed by atoms with Crippen molar-refractivity contribution < 1.29 is 27.5 Å². The molecule has 0 saturated carbocycles. The maximum absolute atomic E-state index is 12.9. The quantitative estimate of drug-likeness (QED) is 0.579. The highest BCUT2D eigenvalue weighted by Crippen LogP contribution is 2.29. The van der Waals surface area contributed by atoms with Crippen molar-refractivity contribution in [1.82, 2.24) is 25.5 Å². The Morgan fingerprint density at radius 1 is 1.11 bits per heavy atom. The lowest BCUT2D eigenvalue weighted by Gasteiger charge is -2.27. The molecule has 4 rings (SSSR count). The van der Waals surface area contributed by atoms with E-state index < -0.39 is 17.6 Å². The van der Waals surface area contributed by atoms with Crippen molar-refractivity contribution in [3.05, 3.63) is 47.8 Å². The lowest BCUT2D eigenvalue weighted by molar-refractivity contribution is -0.137.